The molecule has 2 N–H and O–H groups in total. The molecule has 0 atom stereocenters. The number of carbonyl (C=O) groups is 2. The molecule has 0 aliphatic carbocycles. The van der Waals surface area contributed by atoms with Gasteiger partial charge in [0.05, 0.1) is 7.11 Å². The molecular formula is C18H23N5O4. The summed E-state index contributed by atoms with van der Waals surface area (Å²) < 4.78 is 9.83. The van der Waals surface area contributed by atoms with Crippen LogP contribution in [0, 0.1) is 0 Å². The smallest absolute Gasteiger partial charge is 0.426 e. The Balaban J connectivity index is 2.04. The molecular weight excluding hydrogens is 350 g/mol. The van der Waals surface area contributed by atoms with Gasteiger partial charge in [-0.3, -0.25) is 5.43 Å². The van der Waals surface area contributed by atoms with Gasteiger partial charge in [0, 0.05) is 19.2 Å². The van der Waals surface area contributed by atoms with Crippen molar-refractivity contribution in [2.45, 2.75) is 20.5 Å². The largest absolute Gasteiger partial charge is 0.464 e. The van der Waals surface area contributed by atoms with Crippen LogP contribution in [0.4, 0.5) is 16.6 Å². The minimum absolute atomic E-state index is 0.0800. The number of rotatable bonds is 8. The second kappa shape index (κ2) is 9.95. The minimum atomic E-state index is -0.679. The van der Waals surface area contributed by atoms with Crippen molar-refractivity contribution < 1.29 is 19.1 Å². The average molecular weight is 373 g/mol. The molecule has 1 aromatic heterocycles. The van der Waals surface area contributed by atoms with E-state index in [1.54, 1.807) is 0 Å². The average Bonchev–Trinajstić information content (AvgIpc) is 2.71. The molecule has 0 saturated heterocycles. The molecule has 27 heavy (non-hydrogen) atoms. The Bertz CT molecular complexity index is 766. The molecule has 0 fully saturated rings. The summed E-state index contributed by atoms with van der Waals surface area (Å²) in [6.45, 7) is 5.35. The van der Waals surface area contributed by atoms with Gasteiger partial charge in [0.25, 0.3) is 0 Å². The third-order valence-corrected chi connectivity index (χ3v) is 3.66. The van der Waals surface area contributed by atoms with E-state index < -0.39 is 12.1 Å². The van der Waals surface area contributed by atoms with E-state index in [1.807, 2.05) is 49.1 Å². The fourth-order valence-corrected chi connectivity index (χ4v) is 2.23. The summed E-state index contributed by atoms with van der Waals surface area (Å²) in [5.74, 6) is -0.00526. The van der Waals surface area contributed by atoms with Crippen LogP contribution in [-0.4, -0.2) is 42.2 Å². The number of hydrazine groups is 1. The molecule has 1 aromatic carbocycles. The zero-order valence-corrected chi connectivity index (χ0v) is 15.6. The van der Waals surface area contributed by atoms with Crippen molar-refractivity contribution in [3.63, 3.8) is 0 Å². The highest BCUT2D eigenvalue weighted by molar-refractivity contribution is 5.88. The number of benzene rings is 1. The first kappa shape index (κ1) is 20.0. The standard InChI is InChI=1S/C18H23N5O4/c1-4-23(5-2)17-19-14(16(24)26-3)11-15(20-17)21-22-18(25)27-12-13-9-7-6-8-10-13/h6-11H,4-5,12H2,1-3H3,(H,22,25)(H,19,20,21). The molecule has 0 saturated carbocycles. The second-order valence-electron chi connectivity index (χ2n) is 5.41. The van der Waals surface area contributed by atoms with Gasteiger partial charge in [-0.2, -0.15) is 4.98 Å². The van der Waals surface area contributed by atoms with Crippen LogP contribution in [0.25, 0.3) is 0 Å². The predicted molar refractivity (Wildman–Crippen MR) is 100 cm³/mol. The fourth-order valence-electron chi connectivity index (χ4n) is 2.23. The Morgan fingerprint density at radius 1 is 1.11 bits per heavy atom. The van der Waals surface area contributed by atoms with E-state index in [1.165, 1.54) is 13.2 Å². The van der Waals surface area contributed by atoms with Crippen LogP contribution >= 0.6 is 0 Å². The van der Waals surface area contributed by atoms with Gasteiger partial charge in [0.1, 0.15) is 6.61 Å². The molecule has 0 spiro atoms. The highest BCUT2D eigenvalue weighted by Crippen LogP contribution is 2.14. The molecule has 1 amide bonds. The number of methoxy groups -OCH3 is 1. The number of hydrogen-bond acceptors (Lipinski definition) is 8. The summed E-state index contributed by atoms with van der Waals surface area (Å²) in [4.78, 5) is 34.1. The van der Waals surface area contributed by atoms with Crippen LogP contribution in [0.2, 0.25) is 0 Å². The third-order valence-electron chi connectivity index (χ3n) is 3.66. The molecule has 0 unspecified atom stereocenters. The molecule has 1 heterocycles. The Morgan fingerprint density at radius 2 is 1.81 bits per heavy atom. The highest BCUT2D eigenvalue weighted by Gasteiger charge is 2.15. The summed E-state index contributed by atoms with van der Waals surface area (Å²) in [7, 11) is 1.27. The number of hydrogen-bond donors (Lipinski definition) is 2. The zero-order valence-electron chi connectivity index (χ0n) is 15.6. The van der Waals surface area contributed by atoms with Crippen molar-refractivity contribution in [1.29, 1.82) is 0 Å². The zero-order chi connectivity index (χ0) is 19.6. The van der Waals surface area contributed by atoms with Crippen LogP contribution < -0.4 is 15.8 Å². The fraction of sp³-hybridized carbons (Fsp3) is 0.333. The van der Waals surface area contributed by atoms with Gasteiger partial charge in [-0.25, -0.2) is 20.0 Å². The number of carbonyl (C=O) groups excluding carboxylic acids is 2. The van der Waals surface area contributed by atoms with E-state index in [-0.39, 0.29) is 18.1 Å². The van der Waals surface area contributed by atoms with Crippen LogP contribution in [-0.2, 0) is 16.1 Å². The van der Waals surface area contributed by atoms with Gasteiger partial charge >= 0.3 is 12.1 Å². The van der Waals surface area contributed by atoms with Gasteiger partial charge in [0.15, 0.2) is 11.5 Å². The van der Waals surface area contributed by atoms with Crippen LogP contribution in [0.5, 0.6) is 0 Å². The van der Waals surface area contributed by atoms with Crippen molar-refractivity contribution in [3.8, 4) is 0 Å². The lowest BCUT2D eigenvalue weighted by molar-refractivity contribution is 0.0594. The molecule has 0 bridgehead atoms. The predicted octanol–water partition coefficient (Wildman–Crippen LogP) is 2.36. The number of amides is 1. The Morgan fingerprint density at radius 3 is 2.44 bits per heavy atom. The van der Waals surface area contributed by atoms with Gasteiger partial charge in [-0.15, -0.1) is 0 Å². The monoisotopic (exact) mass is 373 g/mol. The van der Waals surface area contributed by atoms with Crippen molar-refractivity contribution in [1.82, 2.24) is 15.4 Å². The summed E-state index contributed by atoms with van der Waals surface area (Å²) in [6, 6.07) is 10.7. The van der Waals surface area contributed by atoms with E-state index in [4.69, 9.17) is 9.47 Å². The van der Waals surface area contributed by atoms with Gasteiger partial charge < -0.3 is 14.4 Å². The van der Waals surface area contributed by atoms with E-state index in [2.05, 4.69) is 20.8 Å². The van der Waals surface area contributed by atoms with Gasteiger partial charge in [0.2, 0.25) is 5.95 Å². The Kier molecular flexibility index (Phi) is 7.36. The van der Waals surface area contributed by atoms with Crippen molar-refractivity contribution in [3.05, 3.63) is 47.7 Å². The van der Waals surface area contributed by atoms with E-state index >= 15 is 0 Å². The molecule has 2 aromatic rings. The number of aromatic nitrogens is 2. The van der Waals surface area contributed by atoms with E-state index in [9.17, 15) is 9.59 Å². The normalized spacial score (nSPS) is 10.0. The number of nitrogens with zero attached hydrogens (tertiary/aromatic N) is 3. The van der Waals surface area contributed by atoms with Crippen molar-refractivity contribution in [2.75, 3.05) is 30.5 Å². The number of ether oxygens (including phenoxy) is 2. The van der Waals surface area contributed by atoms with Crippen LogP contribution in [0.1, 0.15) is 29.9 Å². The highest BCUT2D eigenvalue weighted by atomic mass is 16.6. The SMILES string of the molecule is CCN(CC)c1nc(NNC(=O)OCc2ccccc2)cc(C(=O)OC)n1. The third kappa shape index (κ3) is 5.84. The van der Waals surface area contributed by atoms with Gasteiger partial charge in [-0.05, 0) is 19.4 Å². The Hall–Kier alpha value is -3.36. The summed E-state index contributed by atoms with van der Waals surface area (Å²) in [5, 5.41) is 0. The first-order valence-corrected chi connectivity index (χ1v) is 8.52. The minimum Gasteiger partial charge on any atom is -0.464 e. The molecule has 0 aliphatic heterocycles. The molecule has 2 rings (SSSR count). The topological polar surface area (TPSA) is 106 Å². The molecule has 144 valence electrons. The van der Waals surface area contributed by atoms with Crippen molar-refractivity contribution >= 4 is 23.8 Å². The van der Waals surface area contributed by atoms with Crippen LogP contribution in [0.3, 0.4) is 0 Å². The lowest BCUT2D eigenvalue weighted by Crippen LogP contribution is -2.31. The maximum Gasteiger partial charge on any atom is 0.426 e. The molecule has 0 radical (unpaired) electrons. The second-order valence-corrected chi connectivity index (χ2v) is 5.41. The van der Waals surface area contributed by atoms with E-state index in [0.717, 1.165) is 5.56 Å². The number of anilines is 2. The quantitative estimate of drug-likeness (QED) is 0.537. The summed E-state index contributed by atoms with van der Waals surface area (Å²) in [5.41, 5.74) is 5.96. The Labute approximate surface area is 157 Å². The lowest BCUT2D eigenvalue weighted by atomic mass is 10.2. The number of nitrogens with one attached hydrogen (secondary N) is 2. The first-order chi connectivity index (χ1) is 13.1. The lowest BCUT2D eigenvalue weighted by Gasteiger charge is -2.20. The van der Waals surface area contributed by atoms with Crippen LogP contribution in [0.15, 0.2) is 36.4 Å². The maximum absolute atomic E-state index is 11.9. The van der Waals surface area contributed by atoms with Gasteiger partial charge in [-0.1, -0.05) is 30.3 Å². The van der Waals surface area contributed by atoms with E-state index in [0.29, 0.717) is 19.0 Å². The van der Waals surface area contributed by atoms with Crippen molar-refractivity contribution in [2.24, 2.45) is 0 Å². The number of esters is 1. The maximum atomic E-state index is 11.9. The first-order valence-electron chi connectivity index (χ1n) is 8.52. The molecule has 9 heteroatoms. The molecule has 0 aliphatic rings. The summed E-state index contributed by atoms with van der Waals surface area (Å²) in [6.07, 6.45) is -0.679. The molecule has 9 nitrogen and oxygen atoms in total. The summed E-state index contributed by atoms with van der Waals surface area (Å²) >= 11 is 0.